The van der Waals surface area contributed by atoms with Gasteiger partial charge in [0.1, 0.15) is 18.7 Å². The molecule has 0 saturated heterocycles. The lowest BCUT2D eigenvalue weighted by molar-refractivity contribution is 0.171. The van der Waals surface area contributed by atoms with E-state index < -0.39 is 0 Å². The smallest absolute Gasteiger partial charge is 0.280 e. The quantitative estimate of drug-likeness (QED) is 0.449. The zero-order chi connectivity index (χ0) is 20.8. The standard InChI is InChI=1S/C22H16N6O3/c29-21-19-16(28-22(25-24-19)23-20(26-28)15-4-2-1-3-5-15)8-9-27(21)13-14-6-7-17-18(12-14)31-11-10-30-17/h1-9,12H,10-11,13H2. The average molecular weight is 412 g/mol. The molecule has 0 aliphatic carbocycles. The summed E-state index contributed by atoms with van der Waals surface area (Å²) in [5, 5.41) is 12.8. The van der Waals surface area contributed by atoms with Gasteiger partial charge in [-0.05, 0) is 23.8 Å². The van der Waals surface area contributed by atoms with E-state index in [1.165, 1.54) is 0 Å². The van der Waals surface area contributed by atoms with Crippen LogP contribution in [0.2, 0.25) is 0 Å². The van der Waals surface area contributed by atoms with E-state index in [9.17, 15) is 4.79 Å². The van der Waals surface area contributed by atoms with Crippen molar-refractivity contribution in [3.05, 3.63) is 76.7 Å². The molecule has 0 bridgehead atoms. The normalized spacial score (nSPS) is 13.0. The lowest BCUT2D eigenvalue weighted by atomic mass is 10.2. The van der Waals surface area contributed by atoms with Gasteiger partial charge < -0.3 is 14.0 Å². The largest absolute Gasteiger partial charge is 0.486 e. The van der Waals surface area contributed by atoms with Crippen LogP contribution in [-0.4, -0.2) is 42.6 Å². The van der Waals surface area contributed by atoms with Crippen molar-refractivity contribution in [3.63, 3.8) is 0 Å². The van der Waals surface area contributed by atoms with E-state index >= 15 is 0 Å². The minimum absolute atomic E-state index is 0.233. The molecule has 0 radical (unpaired) electrons. The fraction of sp³-hybridized carbons (Fsp3) is 0.136. The number of nitrogens with zero attached hydrogens (tertiary/aromatic N) is 6. The molecule has 0 atom stereocenters. The minimum atomic E-state index is -0.251. The number of fused-ring (bicyclic) bond motifs is 4. The second-order valence-electron chi connectivity index (χ2n) is 7.17. The van der Waals surface area contributed by atoms with Gasteiger partial charge in [-0.25, -0.2) is 0 Å². The maximum Gasteiger partial charge on any atom is 0.280 e. The van der Waals surface area contributed by atoms with Crippen LogP contribution >= 0.6 is 0 Å². The molecule has 0 saturated carbocycles. The predicted molar refractivity (Wildman–Crippen MR) is 112 cm³/mol. The summed E-state index contributed by atoms with van der Waals surface area (Å²) in [6, 6.07) is 17.1. The Morgan fingerprint density at radius 2 is 1.77 bits per heavy atom. The van der Waals surface area contributed by atoms with Gasteiger partial charge in [-0.2, -0.15) is 9.50 Å². The van der Waals surface area contributed by atoms with Crippen molar-refractivity contribution in [2.75, 3.05) is 13.2 Å². The number of ether oxygens (including phenoxy) is 2. The van der Waals surface area contributed by atoms with Gasteiger partial charge in [0.2, 0.25) is 0 Å². The van der Waals surface area contributed by atoms with Crippen LogP contribution in [0.25, 0.3) is 28.2 Å². The van der Waals surface area contributed by atoms with Crippen LogP contribution in [0, 0.1) is 0 Å². The molecule has 3 aromatic heterocycles. The molecule has 0 unspecified atom stereocenters. The van der Waals surface area contributed by atoms with Gasteiger partial charge in [0.25, 0.3) is 11.3 Å². The molecule has 152 valence electrons. The van der Waals surface area contributed by atoms with E-state index in [0.29, 0.717) is 42.6 Å². The Morgan fingerprint density at radius 3 is 2.65 bits per heavy atom. The molecule has 6 rings (SSSR count). The van der Waals surface area contributed by atoms with Gasteiger partial charge in [0.05, 0.1) is 6.54 Å². The second kappa shape index (κ2) is 6.91. The van der Waals surface area contributed by atoms with Crippen LogP contribution in [-0.2, 0) is 6.54 Å². The predicted octanol–water partition coefficient (Wildman–Crippen LogP) is 2.32. The van der Waals surface area contributed by atoms with Crippen molar-refractivity contribution >= 4 is 16.8 Å². The van der Waals surface area contributed by atoms with Crippen molar-refractivity contribution in [1.82, 2.24) is 29.4 Å². The van der Waals surface area contributed by atoms with Gasteiger partial charge >= 0.3 is 0 Å². The molecule has 9 nitrogen and oxygen atoms in total. The Morgan fingerprint density at radius 1 is 0.935 bits per heavy atom. The molecule has 0 fully saturated rings. The molecular formula is C22H16N6O3. The van der Waals surface area contributed by atoms with Crippen molar-refractivity contribution in [2.45, 2.75) is 6.54 Å². The molecule has 0 N–H and O–H groups in total. The molecule has 1 aliphatic rings. The third kappa shape index (κ3) is 2.98. The summed E-state index contributed by atoms with van der Waals surface area (Å²) in [7, 11) is 0. The Balaban J connectivity index is 1.41. The van der Waals surface area contributed by atoms with Gasteiger partial charge in [-0.3, -0.25) is 4.79 Å². The Kier molecular flexibility index (Phi) is 3.92. The zero-order valence-corrected chi connectivity index (χ0v) is 16.3. The van der Waals surface area contributed by atoms with Gasteiger partial charge in [0, 0.05) is 11.8 Å². The summed E-state index contributed by atoms with van der Waals surface area (Å²) >= 11 is 0. The van der Waals surface area contributed by atoms with Gasteiger partial charge in [-0.15, -0.1) is 15.3 Å². The lowest BCUT2D eigenvalue weighted by Gasteiger charge is -2.19. The molecule has 31 heavy (non-hydrogen) atoms. The first-order valence-electron chi connectivity index (χ1n) is 9.83. The molecular weight excluding hydrogens is 396 g/mol. The molecule has 5 aromatic rings. The molecule has 4 heterocycles. The maximum absolute atomic E-state index is 13.1. The maximum atomic E-state index is 13.1. The van der Waals surface area contributed by atoms with Crippen LogP contribution in [0.1, 0.15) is 5.56 Å². The first-order valence-corrected chi connectivity index (χ1v) is 9.83. The van der Waals surface area contributed by atoms with Crippen molar-refractivity contribution < 1.29 is 9.47 Å². The van der Waals surface area contributed by atoms with Crippen LogP contribution in [0.4, 0.5) is 0 Å². The highest BCUT2D eigenvalue weighted by atomic mass is 16.6. The van der Waals surface area contributed by atoms with E-state index in [2.05, 4.69) is 20.3 Å². The van der Waals surface area contributed by atoms with Crippen molar-refractivity contribution in [2.24, 2.45) is 0 Å². The van der Waals surface area contributed by atoms with E-state index in [1.807, 2.05) is 48.5 Å². The van der Waals surface area contributed by atoms with Crippen LogP contribution < -0.4 is 15.0 Å². The third-order valence-electron chi connectivity index (χ3n) is 5.17. The monoisotopic (exact) mass is 412 g/mol. The number of pyridine rings is 1. The number of rotatable bonds is 3. The first kappa shape index (κ1) is 17.6. The first-order chi connectivity index (χ1) is 15.3. The Hall–Kier alpha value is -4.27. The van der Waals surface area contributed by atoms with Crippen LogP contribution in [0.5, 0.6) is 11.5 Å². The summed E-state index contributed by atoms with van der Waals surface area (Å²) in [6.07, 6.45) is 1.73. The van der Waals surface area contributed by atoms with E-state index in [0.717, 1.165) is 16.9 Å². The Bertz CT molecular complexity index is 1490. The van der Waals surface area contributed by atoms with E-state index in [1.54, 1.807) is 21.3 Å². The fourth-order valence-electron chi connectivity index (χ4n) is 3.66. The Labute approximate surface area is 175 Å². The molecule has 2 aromatic carbocycles. The SMILES string of the molecule is O=c1c2nnc3nc(-c4ccccc4)nn3c2ccn1Cc1ccc2c(c1)OCCO2. The van der Waals surface area contributed by atoms with Gasteiger partial charge in [-0.1, -0.05) is 36.4 Å². The number of benzene rings is 2. The topological polar surface area (TPSA) is 96.4 Å². The molecule has 0 spiro atoms. The minimum Gasteiger partial charge on any atom is -0.486 e. The molecule has 9 heteroatoms. The summed E-state index contributed by atoms with van der Waals surface area (Å²) < 4.78 is 14.3. The highest BCUT2D eigenvalue weighted by Crippen LogP contribution is 2.30. The number of aromatic nitrogens is 6. The van der Waals surface area contributed by atoms with Crippen LogP contribution in [0.3, 0.4) is 0 Å². The summed E-state index contributed by atoms with van der Waals surface area (Å²) in [5.41, 5.74) is 2.33. The number of hydrogen-bond donors (Lipinski definition) is 0. The van der Waals surface area contributed by atoms with Crippen LogP contribution in [0.15, 0.2) is 65.6 Å². The summed E-state index contributed by atoms with van der Waals surface area (Å²) in [6.45, 7) is 1.43. The highest BCUT2D eigenvalue weighted by molar-refractivity contribution is 5.75. The van der Waals surface area contributed by atoms with E-state index in [-0.39, 0.29) is 11.1 Å². The van der Waals surface area contributed by atoms with E-state index in [4.69, 9.17) is 9.47 Å². The van der Waals surface area contributed by atoms with Gasteiger partial charge in [0.15, 0.2) is 22.8 Å². The number of hydrogen-bond acceptors (Lipinski definition) is 7. The van der Waals surface area contributed by atoms with Crippen molar-refractivity contribution in [1.29, 1.82) is 0 Å². The zero-order valence-electron chi connectivity index (χ0n) is 16.3. The van der Waals surface area contributed by atoms with Crippen molar-refractivity contribution in [3.8, 4) is 22.9 Å². The molecule has 1 aliphatic heterocycles. The average Bonchev–Trinajstić information content (AvgIpc) is 3.26. The fourth-order valence-corrected chi connectivity index (χ4v) is 3.66. The second-order valence-corrected chi connectivity index (χ2v) is 7.17. The molecule has 0 amide bonds. The third-order valence-corrected chi connectivity index (χ3v) is 5.17. The highest BCUT2D eigenvalue weighted by Gasteiger charge is 2.15. The lowest BCUT2D eigenvalue weighted by Crippen LogP contribution is -2.22. The summed E-state index contributed by atoms with van der Waals surface area (Å²) in [4.78, 5) is 17.5. The summed E-state index contributed by atoms with van der Waals surface area (Å²) in [5.74, 6) is 2.28.